The van der Waals surface area contributed by atoms with Crippen molar-refractivity contribution in [3.8, 4) is 0 Å². The first kappa shape index (κ1) is 9.62. The molecule has 0 N–H and O–H groups in total. The zero-order valence-corrected chi connectivity index (χ0v) is 8.51. The van der Waals surface area contributed by atoms with Crippen LogP contribution in [0, 0.1) is 5.92 Å². The summed E-state index contributed by atoms with van der Waals surface area (Å²) in [6.45, 7) is 4.94. The second-order valence-corrected chi connectivity index (χ2v) is 3.74. The van der Waals surface area contributed by atoms with E-state index in [2.05, 4.69) is 18.8 Å². The highest BCUT2D eigenvalue weighted by Gasteiger charge is 2.27. The molecule has 3 atom stereocenters. The molecule has 0 bridgehead atoms. The predicted octanol–water partition coefficient (Wildman–Crippen LogP) is 2.15. The monoisotopic (exact) mass is 193 g/mol. The average Bonchev–Trinajstić information content (AvgIpc) is 2.23. The van der Waals surface area contributed by atoms with Crippen molar-refractivity contribution in [2.45, 2.75) is 26.2 Å². The summed E-state index contributed by atoms with van der Waals surface area (Å²) in [5.74, 6) is 0.454. The fraction of sp³-hybridized carbons (Fsp3) is 0.545. The summed E-state index contributed by atoms with van der Waals surface area (Å²) in [6.07, 6.45) is 1.70. The van der Waals surface area contributed by atoms with Gasteiger partial charge in [-0.2, -0.15) is 0 Å². The fourth-order valence-electron chi connectivity index (χ4n) is 1.41. The van der Waals surface area contributed by atoms with Crippen LogP contribution in [0.4, 0.5) is 0 Å². The van der Waals surface area contributed by atoms with Crippen LogP contribution in [0.3, 0.4) is 0 Å². The molecule has 1 aromatic rings. The summed E-state index contributed by atoms with van der Waals surface area (Å²) in [5, 5.41) is 0. The van der Waals surface area contributed by atoms with Gasteiger partial charge in [0.25, 0.3) is 0 Å². The third-order valence-corrected chi connectivity index (χ3v) is 2.58. The molecule has 2 heterocycles. The average molecular weight is 193 g/mol. The number of rotatable bonds is 1. The number of hydrogen-bond donors (Lipinski definition) is 0. The second kappa shape index (κ2) is 4.07. The van der Waals surface area contributed by atoms with E-state index in [-0.39, 0.29) is 12.4 Å². The van der Waals surface area contributed by atoms with Crippen LogP contribution in [0.1, 0.15) is 25.8 Å². The lowest BCUT2D eigenvalue weighted by atomic mass is 10.1. The lowest BCUT2D eigenvalue weighted by molar-refractivity contribution is -0.235. The molecule has 0 aromatic carbocycles. The van der Waals surface area contributed by atoms with Gasteiger partial charge in [-0.3, -0.25) is 4.98 Å². The van der Waals surface area contributed by atoms with E-state index in [9.17, 15) is 0 Å². The van der Waals surface area contributed by atoms with E-state index >= 15 is 0 Å². The smallest absolute Gasteiger partial charge is 0.201 e. The summed E-state index contributed by atoms with van der Waals surface area (Å²) in [5.41, 5.74) is 0.853. The van der Waals surface area contributed by atoms with Crippen molar-refractivity contribution in [2.75, 3.05) is 6.61 Å². The number of ether oxygens (including phenoxy) is 2. The summed E-state index contributed by atoms with van der Waals surface area (Å²) in [7, 11) is 0. The molecular formula is C11H15NO2. The van der Waals surface area contributed by atoms with Crippen molar-refractivity contribution < 1.29 is 9.47 Å². The Morgan fingerprint density at radius 2 is 2.21 bits per heavy atom. The Labute approximate surface area is 84.1 Å². The quantitative estimate of drug-likeness (QED) is 0.684. The van der Waals surface area contributed by atoms with Gasteiger partial charge in [-0.25, -0.2) is 0 Å². The Bertz CT molecular complexity index is 289. The zero-order chi connectivity index (χ0) is 9.97. The minimum absolute atomic E-state index is 0.232. The van der Waals surface area contributed by atoms with Crippen molar-refractivity contribution in [2.24, 2.45) is 5.92 Å². The highest BCUT2D eigenvalue weighted by molar-refractivity contribution is 5.05. The summed E-state index contributed by atoms with van der Waals surface area (Å²) in [4.78, 5) is 4.21. The molecule has 3 nitrogen and oxygen atoms in total. The molecule has 1 aliphatic rings. The molecule has 0 radical (unpaired) electrons. The van der Waals surface area contributed by atoms with Gasteiger partial charge in [-0.15, -0.1) is 0 Å². The van der Waals surface area contributed by atoms with Crippen LogP contribution in [-0.2, 0) is 9.47 Å². The third kappa shape index (κ3) is 1.94. The summed E-state index contributed by atoms with van der Waals surface area (Å²) in [6, 6.07) is 5.75. The van der Waals surface area contributed by atoms with Crippen molar-refractivity contribution in [3.63, 3.8) is 0 Å². The molecule has 2 rings (SSSR count). The second-order valence-electron chi connectivity index (χ2n) is 3.74. The van der Waals surface area contributed by atoms with Crippen LogP contribution in [0.5, 0.6) is 0 Å². The van der Waals surface area contributed by atoms with Gasteiger partial charge in [0.2, 0.25) is 6.29 Å². The molecule has 3 heteroatoms. The Kier molecular flexibility index (Phi) is 2.79. The van der Waals surface area contributed by atoms with Gasteiger partial charge in [0.05, 0.1) is 18.4 Å². The SMILES string of the molecule is C[C@@H]1COC(c2ccccn2)O[C@@H]1C. The van der Waals surface area contributed by atoms with Crippen molar-refractivity contribution in [3.05, 3.63) is 30.1 Å². The first-order valence-corrected chi connectivity index (χ1v) is 4.95. The Hall–Kier alpha value is -0.930. The van der Waals surface area contributed by atoms with Crippen LogP contribution in [0.25, 0.3) is 0 Å². The van der Waals surface area contributed by atoms with Gasteiger partial charge in [0, 0.05) is 12.1 Å². The number of nitrogens with zero attached hydrogens (tertiary/aromatic N) is 1. The molecule has 76 valence electrons. The largest absolute Gasteiger partial charge is 0.347 e. The molecule has 1 aliphatic heterocycles. The highest BCUT2D eigenvalue weighted by atomic mass is 16.7. The molecule has 1 saturated heterocycles. The van der Waals surface area contributed by atoms with E-state index in [1.165, 1.54) is 0 Å². The lowest BCUT2D eigenvalue weighted by Gasteiger charge is -2.32. The molecule has 0 spiro atoms. The molecule has 1 fully saturated rings. The number of pyridine rings is 1. The molecular weight excluding hydrogens is 178 g/mol. The van der Waals surface area contributed by atoms with Crippen LogP contribution < -0.4 is 0 Å². The van der Waals surface area contributed by atoms with Gasteiger partial charge in [-0.1, -0.05) is 13.0 Å². The molecule has 0 saturated carbocycles. The lowest BCUT2D eigenvalue weighted by Crippen LogP contribution is -2.32. The van der Waals surface area contributed by atoms with Crippen molar-refractivity contribution >= 4 is 0 Å². The van der Waals surface area contributed by atoms with Crippen LogP contribution in [0.15, 0.2) is 24.4 Å². The minimum atomic E-state index is -0.289. The van der Waals surface area contributed by atoms with Crippen molar-refractivity contribution in [1.82, 2.24) is 4.98 Å². The standard InChI is InChI=1S/C11H15NO2/c1-8-7-13-11(14-9(8)2)10-5-3-4-6-12-10/h3-6,8-9,11H,7H2,1-2H3/t8-,9-,11?/m1/s1. The first-order valence-electron chi connectivity index (χ1n) is 4.95. The molecule has 1 aromatic heterocycles. The third-order valence-electron chi connectivity index (χ3n) is 2.58. The van der Waals surface area contributed by atoms with Gasteiger partial charge < -0.3 is 9.47 Å². The highest BCUT2D eigenvalue weighted by Crippen LogP contribution is 2.27. The summed E-state index contributed by atoms with van der Waals surface area (Å²) >= 11 is 0. The van der Waals surface area contributed by atoms with E-state index in [4.69, 9.17) is 9.47 Å². The zero-order valence-electron chi connectivity index (χ0n) is 8.51. The maximum absolute atomic E-state index is 5.70. The van der Waals surface area contributed by atoms with Crippen LogP contribution in [-0.4, -0.2) is 17.7 Å². The van der Waals surface area contributed by atoms with E-state index < -0.39 is 0 Å². The van der Waals surface area contributed by atoms with Crippen molar-refractivity contribution in [1.29, 1.82) is 0 Å². The Morgan fingerprint density at radius 3 is 2.86 bits per heavy atom. The maximum atomic E-state index is 5.70. The molecule has 14 heavy (non-hydrogen) atoms. The number of aromatic nitrogens is 1. The summed E-state index contributed by atoms with van der Waals surface area (Å²) < 4.78 is 11.3. The Balaban J connectivity index is 2.07. The Morgan fingerprint density at radius 1 is 1.36 bits per heavy atom. The van der Waals surface area contributed by atoms with Gasteiger partial charge in [-0.05, 0) is 19.1 Å². The van der Waals surface area contributed by atoms with E-state index in [0.29, 0.717) is 5.92 Å². The predicted molar refractivity (Wildman–Crippen MR) is 52.6 cm³/mol. The topological polar surface area (TPSA) is 31.4 Å². The van der Waals surface area contributed by atoms with E-state index in [1.807, 2.05) is 18.2 Å². The van der Waals surface area contributed by atoms with E-state index in [0.717, 1.165) is 12.3 Å². The van der Waals surface area contributed by atoms with Gasteiger partial charge >= 0.3 is 0 Å². The van der Waals surface area contributed by atoms with Gasteiger partial charge in [0.15, 0.2) is 0 Å². The number of hydrogen-bond acceptors (Lipinski definition) is 3. The van der Waals surface area contributed by atoms with Gasteiger partial charge in [0.1, 0.15) is 0 Å². The van der Waals surface area contributed by atoms with Crippen LogP contribution >= 0.6 is 0 Å². The first-order chi connectivity index (χ1) is 6.77. The molecule has 0 amide bonds. The van der Waals surface area contributed by atoms with Crippen LogP contribution in [0.2, 0.25) is 0 Å². The maximum Gasteiger partial charge on any atom is 0.201 e. The molecule has 1 unspecified atom stereocenters. The normalized spacial score (nSPS) is 32.9. The fourth-order valence-corrected chi connectivity index (χ4v) is 1.41. The van der Waals surface area contributed by atoms with E-state index in [1.54, 1.807) is 6.20 Å². The minimum Gasteiger partial charge on any atom is -0.347 e. The molecule has 0 aliphatic carbocycles.